The minimum absolute atomic E-state index is 0.0458. The van der Waals surface area contributed by atoms with E-state index in [2.05, 4.69) is 15.3 Å². The Balaban J connectivity index is 1.74. The number of carbonyl (C=O) groups excluding carboxylic acids is 2. The average molecular weight is 340 g/mol. The maximum Gasteiger partial charge on any atom is 0.226 e. The summed E-state index contributed by atoms with van der Waals surface area (Å²) in [5, 5.41) is 2.98. The van der Waals surface area contributed by atoms with E-state index in [1.165, 1.54) is 0 Å². The molecule has 1 aliphatic heterocycles. The van der Waals surface area contributed by atoms with Gasteiger partial charge in [-0.05, 0) is 25.0 Å². The van der Waals surface area contributed by atoms with Crippen molar-refractivity contribution in [3.8, 4) is 0 Å². The van der Waals surface area contributed by atoms with Gasteiger partial charge in [-0.2, -0.15) is 0 Å². The monoisotopic (exact) mass is 340 g/mol. The van der Waals surface area contributed by atoms with E-state index < -0.39 is 0 Å². The summed E-state index contributed by atoms with van der Waals surface area (Å²) in [7, 11) is 0. The van der Waals surface area contributed by atoms with Crippen LogP contribution in [-0.2, 0) is 16.0 Å². The molecular weight excluding hydrogens is 316 g/mol. The summed E-state index contributed by atoms with van der Waals surface area (Å²) in [6, 6.07) is 7.80. The molecule has 2 N–H and O–H groups in total. The molecule has 1 aromatic carbocycles. The molecule has 25 heavy (non-hydrogen) atoms. The van der Waals surface area contributed by atoms with Crippen LogP contribution in [0.5, 0.6) is 0 Å². The van der Waals surface area contributed by atoms with E-state index >= 15 is 0 Å². The number of aromatic amines is 1. The number of benzene rings is 1. The first kappa shape index (κ1) is 17.2. The molecule has 6 nitrogen and oxygen atoms in total. The second kappa shape index (κ2) is 7.51. The lowest BCUT2D eigenvalue weighted by atomic mass is 9.90. The van der Waals surface area contributed by atoms with Crippen molar-refractivity contribution in [1.82, 2.24) is 20.2 Å². The summed E-state index contributed by atoms with van der Waals surface area (Å²) in [4.78, 5) is 34.0. The van der Waals surface area contributed by atoms with Crippen LogP contribution in [0.1, 0.15) is 36.2 Å². The van der Waals surface area contributed by atoms with E-state index in [1.807, 2.05) is 43.0 Å². The highest BCUT2D eigenvalue weighted by molar-refractivity contribution is 5.90. The molecule has 0 unspecified atom stereocenters. The number of hydrogen-bond donors (Lipinski definition) is 2. The Morgan fingerprint density at radius 2 is 2.20 bits per heavy atom. The van der Waals surface area contributed by atoms with Gasteiger partial charge in [0.2, 0.25) is 11.8 Å². The average Bonchev–Trinajstić information content (AvgIpc) is 3.22. The second-order valence-electron chi connectivity index (χ2n) is 6.41. The molecule has 1 aromatic heterocycles. The Morgan fingerprint density at radius 1 is 1.40 bits per heavy atom. The lowest BCUT2D eigenvalue weighted by molar-refractivity contribution is -0.129. The number of carbonyl (C=O) groups is 2. The van der Waals surface area contributed by atoms with Gasteiger partial charge >= 0.3 is 0 Å². The van der Waals surface area contributed by atoms with Gasteiger partial charge < -0.3 is 15.2 Å². The molecule has 2 heterocycles. The highest BCUT2D eigenvalue weighted by Crippen LogP contribution is 2.39. The predicted molar refractivity (Wildman–Crippen MR) is 94.7 cm³/mol. The van der Waals surface area contributed by atoms with Gasteiger partial charge in [-0.25, -0.2) is 4.98 Å². The van der Waals surface area contributed by atoms with Crippen LogP contribution in [0.25, 0.3) is 0 Å². The van der Waals surface area contributed by atoms with Crippen LogP contribution in [0.2, 0.25) is 0 Å². The first-order chi connectivity index (χ1) is 12.1. The van der Waals surface area contributed by atoms with Crippen molar-refractivity contribution in [3.05, 3.63) is 53.6 Å². The van der Waals surface area contributed by atoms with E-state index in [-0.39, 0.29) is 30.2 Å². The first-order valence-corrected chi connectivity index (χ1v) is 8.71. The van der Waals surface area contributed by atoms with Crippen LogP contribution in [0.15, 0.2) is 36.8 Å². The van der Waals surface area contributed by atoms with Crippen molar-refractivity contribution in [2.45, 2.75) is 32.7 Å². The lowest BCUT2D eigenvalue weighted by Crippen LogP contribution is -2.36. The van der Waals surface area contributed by atoms with Crippen molar-refractivity contribution in [2.75, 3.05) is 13.1 Å². The minimum Gasteiger partial charge on any atom is -0.355 e. The van der Waals surface area contributed by atoms with Crippen LogP contribution in [-0.4, -0.2) is 39.8 Å². The van der Waals surface area contributed by atoms with Gasteiger partial charge in [-0.1, -0.05) is 24.3 Å². The zero-order chi connectivity index (χ0) is 17.8. The summed E-state index contributed by atoms with van der Waals surface area (Å²) in [6.45, 7) is 5.12. The second-order valence-corrected chi connectivity index (χ2v) is 6.41. The summed E-state index contributed by atoms with van der Waals surface area (Å²) < 4.78 is 0. The van der Waals surface area contributed by atoms with Gasteiger partial charge in [0.05, 0.1) is 18.3 Å². The smallest absolute Gasteiger partial charge is 0.226 e. The van der Waals surface area contributed by atoms with Gasteiger partial charge in [-0.3, -0.25) is 9.59 Å². The standard InChI is InChI=1S/C19H24N4O2/c1-3-23-17(24)10-16(18(23)15-7-5-4-6-13(15)2)19(25)21-9-8-14-11-20-12-22-14/h4-7,11-12,16,18H,3,8-10H2,1-2H3,(H,20,22)(H,21,25)/t16-,18+/m1/s1. The van der Waals surface area contributed by atoms with Crippen molar-refractivity contribution in [1.29, 1.82) is 0 Å². The normalized spacial score (nSPS) is 20.1. The van der Waals surface area contributed by atoms with Crippen LogP contribution in [0, 0.1) is 12.8 Å². The maximum absolute atomic E-state index is 12.8. The zero-order valence-electron chi connectivity index (χ0n) is 14.7. The molecule has 0 aliphatic carbocycles. The zero-order valence-corrected chi connectivity index (χ0v) is 14.7. The molecule has 2 amide bonds. The van der Waals surface area contributed by atoms with Crippen LogP contribution >= 0.6 is 0 Å². The number of likely N-dealkylation sites (tertiary alicyclic amines) is 1. The number of aromatic nitrogens is 2. The van der Waals surface area contributed by atoms with Gasteiger partial charge in [0.1, 0.15) is 0 Å². The number of hydrogen-bond acceptors (Lipinski definition) is 3. The summed E-state index contributed by atoms with van der Waals surface area (Å²) in [6.07, 6.45) is 4.34. The summed E-state index contributed by atoms with van der Waals surface area (Å²) >= 11 is 0. The third kappa shape index (κ3) is 3.57. The van der Waals surface area contributed by atoms with Crippen molar-refractivity contribution < 1.29 is 9.59 Å². The Morgan fingerprint density at radius 3 is 2.88 bits per heavy atom. The number of nitrogens with one attached hydrogen (secondary N) is 2. The SMILES string of the molecule is CCN1C(=O)C[C@@H](C(=O)NCCc2cnc[nH]2)[C@@H]1c1ccccc1C. The number of H-pyrrole nitrogens is 1. The molecule has 0 radical (unpaired) electrons. The molecule has 2 aromatic rings. The number of rotatable bonds is 6. The fraction of sp³-hybridized carbons (Fsp3) is 0.421. The Bertz CT molecular complexity index is 742. The third-order valence-corrected chi connectivity index (χ3v) is 4.86. The molecule has 0 saturated carbocycles. The highest BCUT2D eigenvalue weighted by atomic mass is 16.2. The van der Waals surface area contributed by atoms with Crippen LogP contribution in [0.3, 0.4) is 0 Å². The Kier molecular flexibility index (Phi) is 5.16. The molecule has 132 valence electrons. The Labute approximate surface area is 147 Å². The molecule has 3 rings (SSSR count). The number of aryl methyl sites for hydroxylation is 1. The van der Waals surface area contributed by atoms with Crippen molar-refractivity contribution in [3.63, 3.8) is 0 Å². The van der Waals surface area contributed by atoms with Gasteiger partial charge in [0.25, 0.3) is 0 Å². The van der Waals surface area contributed by atoms with Gasteiger partial charge in [0.15, 0.2) is 0 Å². The molecule has 1 fully saturated rings. The number of amides is 2. The van der Waals surface area contributed by atoms with Crippen LogP contribution in [0.4, 0.5) is 0 Å². The molecular formula is C19H24N4O2. The quantitative estimate of drug-likeness (QED) is 0.844. The predicted octanol–water partition coefficient (Wildman–Crippen LogP) is 1.99. The van der Waals surface area contributed by atoms with Gasteiger partial charge in [0, 0.05) is 37.8 Å². The molecule has 1 saturated heterocycles. The van der Waals surface area contributed by atoms with E-state index in [0.29, 0.717) is 19.5 Å². The summed E-state index contributed by atoms with van der Waals surface area (Å²) in [5.41, 5.74) is 3.15. The minimum atomic E-state index is -0.352. The Hall–Kier alpha value is -2.63. The third-order valence-electron chi connectivity index (χ3n) is 4.86. The molecule has 1 aliphatic rings. The van der Waals surface area contributed by atoms with Crippen LogP contribution < -0.4 is 5.32 Å². The van der Waals surface area contributed by atoms with E-state index in [0.717, 1.165) is 16.8 Å². The molecule has 2 atom stereocenters. The molecule has 0 bridgehead atoms. The maximum atomic E-state index is 12.8. The summed E-state index contributed by atoms with van der Waals surface area (Å²) in [5.74, 6) is -0.364. The largest absolute Gasteiger partial charge is 0.355 e. The number of imidazole rings is 1. The fourth-order valence-corrected chi connectivity index (χ4v) is 3.57. The van der Waals surface area contributed by atoms with E-state index in [1.54, 1.807) is 12.5 Å². The van der Waals surface area contributed by atoms with Gasteiger partial charge in [-0.15, -0.1) is 0 Å². The topological polar surface area (TPSA) is 78.1 Å². The lowest BCUT2D eigenvalue weighted by Gasteiger charge is -2.28. The van der Waals surface area contributed by atoms with Crippen molar-refractivity contribution in [2.24, 2.45) is 5.92 Å². The highest BCUT2D eigenvalue weighted by Gasteiger charge is 2.44. The molecule has 6 heteroatoms. The van der Waals surface area contributed by atoms with E-state index in [4.69, 9.17) is 0 Å². The number of nitrogens with zero attached hydrogens (tertiary/aromatic N) is 2. The molecule has 0 spiro atoms. The fourth-order valence-electron chi connectivity index (χ4n) is 3.57. The first-order valence-electron chi connectivity index (χ1n) is 8.71. The van der Waals surface area contributed by atoms with E-state index in [9.17, 15) is 9.59 Å². The van der Waals surface area contributed by atoms with Crippen molar-refractivity contribution >= 4 is 11.8 Å².